The van der Waals surface area contributed by atoms with E-state index in [-0.39, 0.29) is 37.1 Å². The van der Waals surface area contributed by atoms with Crippen molar-refractivity contribution in [2.45, 2.75) is 60.7 Å². The average Bonchev–Trinajstić information content (AvgIpc) is 3.49. The summed E-state index contributed by atoms with van der Waals surface area (Å²) in [5, 5.41) is 12.3. The number of aliphatic hydroxyl groups excluding tert-OH is 1. The lowest BCUT2D eigenvalue weighted by molar-refractivity contribution is -0.253. The number of H-pyrrole nitrogens is 1. The number of hydrogen-bond donors (Lipinski definition) is 3. The number of rotatable bonds is 9. The van der Waals surface area contributed by atoms with Crippen LogP contribution in [0.4, 0.5) is 0 Å². The summed E-state index contributed by atoms with van der Waals surface area (Å²) in [4.78, 5) is 30.4. The second-order valence-electron chi connectivity index (χ2n) is 13.2. The van der Waals surface area contributed by atoms with E-state index < -0.39 is 16.0 Å². The van der Waals surface area contributed by atoms with Crippen molar-refractivity contribution in [1.29, 1.82) is 0 Å². The third-order valence-corrected chi connectivity index (χ3v) is 10.3. The van der Waals surface area contributed by atoms with E-state index in [4.69, 9.17) is 44.3 Å². The highest BCUT2D eigenvalue weighted by Gasteiger charge is 2.35. The molecule has 0 radical (unpaired) electrons. The number of likely N-dealkylation sites (tertiary alicyclic amines) is 1. The first kappa shape index (κ1) is 35.7. The SMILES string of the molecule is O=C(NCc1ccccc1-c1ccc(C2OC(CN3CCC(n4c(=O)[nH]c5ccccc54)CC3)CC(c3ccc(CO)cc3)O2)cc1)C(Cl)(Cl)Cl. The highest BCUT2D eigenvalue weighted by molar-refractivity contribution is 6.76. The minimum Gasteiger partial charge on any atom is -0.392 e. The molecule has 2 aliphatic heterocycles. The first-order valence-electron chi connectivity index (χ1n) is 17.1. The third kappa shape index (κ3) is 8.21. The first-order valence-corrected chi connectivity index (χ1v) is 18.2. The van der Waals surface area contributed by atoms with Crippen LogP contribution in [-0.4, -0.2) is 55.0 Å². The lowest BCUT2D eigenvalue weighted by atomic mass is 9.97. The number of para-hydroxylation sites is 2. The number of benzene rings is 4. The molecule has 1 aromatic heterocycles. The molecule has 7 rings (SSSR count). The van der Waals surface area contributed by atoms with Crippen LogP contribution in [0.3, 0.4) is 0 Å². The molecule has 5 aromatic rings. The maximum Gasteiger partial charge on any atom is 0.326 e. The van der Waals surface area contributed by atoms with Crippen molar-refractivity contribution in [3.05, 3.63) is 130 Å². The number of aromatic amines is 1. The largest absolute Gasteiger partial charge is 0.392 e. The second kappa shape index (κ2) is 15.5. The van der Waals surface area contributed by atoms with E-state index in [0.29, 0.717) is 6.42 Å². The summed E-state index contributed by atoms with van der Waals surface area (Å²) >= 11 is 17.2. The number of halogens is 3. The Labute approximate surface area is 311 Å². The number of aliphatic hydroxyl groups is 1. The summed E-state index contributed by atoms with van der Waals surface area (Å²) in [6, 6.07) is 31.7. The number of alkyl halides is 3. The Hall–Kier alpha value is -3.67. The number of aromatic nitrogens is 2. The Morgan fingerprint density at radius 3 is 2.29 bits per heavy atom. The maximum absolute atomic E-state index is 12.8. The number of piperidine rings is 1. The molecule has 0 aliphatic carbocycles. The molecule has 2 fully saturated rings. The van der Waals surface area contributed by atoms with E-state index in [0.717, 1.165) is 76.9 Å². The topological polar surface area (TPSA) is 109 Å². The minimum absolute atomic E-state index is 0.0183. The molecule has 3 heterocycles. The molecule has 4 aromatic carbocycles. The fraction of sp³-hybridized carbons (Fsp3) is 0.333. The molecule has 51 heavy (non-hydrogen) atoms. The van der Waals surface area contributed by atoms with Gasteiger partial charge in [-0.3, -0.25) is 9.36 Å². The van der Waals surface area contributed by atoms with Crippen LogP contribution in [0.25, 0.3) is 22.2 Å². The van der Waals surface area contributed by atoms with Gasteiger partial charge in [0.15, 0.2) is 6.29 Å². The fourth-order valence-corrected chi connectivity index (χ4v) is 7.37. The number of nitrogens with one attached hydrogen (secondary N) is 2. The van der Waals surface area contributed by atoms with Gasteiger partial charge in [-0.25, -0.2) is 4.79 Å². The molecule has 12 heteroatoms. The number of nitrogens with zero attached hydrogens (tertiary/aromatic N) is 2. The minimum atomic E-state index is -2.04. The number of carbonyl (C=O) groups is 1. The Kier molecular flexibility index (Phi) is 10.9. The zero-order valence-electron chi connectivity index (χ0n) is 27.8. The normalized spacial score (nSPS) is 20.4. The maximum atomic E-state index is 12.8. The van der Waals surface area contributed by atoms with Gasteiger partial charge in [-0.1, -0.05) is 120 Å². The standard InChI is InChI=1S/C39H39Cl3N4O5/c40-39(41,42)37(48)43-22-29-5-1-2-6-32(29)26-13-15-28(16-14-26)36-50-31(21-35(51-36)27-11-9-25(24-47)10-12-27)23-45-19-17-30(18-20-45)46-34-8-4-3-7-33(34)44-38(46)49/h1-16,30-31,35-36,47H,17-24H2,(H,43,48)(H,44,49). The predicted molar refractivity (Wildman–Crippen MR) is 200 cm³/mol. The monoisotopic (exact) mass is 748 g/mol. The molecule has 2 aliphatic rings. The van der Waals surface area contributed by atoms with E-state index in [9.17, 15) is 14.7 Å². The number of fused-ring (bicyclic) bond motifs is 1. The number of hydrogen-bond acceptors (Lipinski definition) is 6. The van der Waals surface area contributed by atoms with E-state index in [1.165, 1.54) is 0 Å². The second-order valence-corrected chi connectivity index (χ2v) is 15.4. The highest BCUT2D eigenvalue weighted by Crippen LogP contribution is 2.39. The molecule has 0 spiro atoms. The van der Waals surface area contributed by atoms with Gasteiger partial charge in [0, 0.05) is 44.2 Å². The molecule has 2 saturated heterocycles. The van der Waals surface area contributed by atoms with Crippen LogP contribution < -0.4 is 11.0 Å². The quantitative estimate of drug-likeness (QED) is 0.136. The van der Waals surface area contributed by atoms with Crippen LogP contribution in [0, 0.1) is 0 Å². The Balaban J connectivity index is 1.06. The number of carbonyl (C=O) groups excluding carboxylic acids is 1. The van der Waals surface area contributed by atoms with Crippen LogP contribution in [0.5, 0.6) is 0 Å². The van der Waals surface area contributed by atoms with Gasteiger partial charge < -0.3 is 29.8 Å². The van der Waals surface area contributed by atoms with Gasteiger partial charge in [0.05, 0.1) is 29.8 Å². The average molecular weight is 750 g/mol. The molecule has 266 valence electrons. The summed E-state index contributed by atoms with van der Waals surface area (Å²) in [6.45, 7) is 2.64. The van der Waals surface area contributed by atoms with Crippen molar-refractivity contribution in [3.8, 4) is 11.1 Å². The van der Waals surface area contributed by atoms with Crippen LogP contribution in [0.15, 0.2) is 102 Å². The van der Waals surface area contributed by atoms with Crippen LogP contribution in [-0.2, 0) is 27.4 Å². The first-order chi connectivity index (χ1) is 24.7. The molecule has 1 amide bonds. The zero-order valence-corrected chi connectivity index (χ0v) is 30.1. The number of ether oxygens (including phenoxy) is 2. The van der Waals surface area contributed by atoms with E-state index in [1.54, 1.807) is 0 Å². The van der Waals surface area contributed by atoms with Crippen LogP contribution in [0.2, 0.25) is 0 Å². The fourth-order valence-electron chi connectivity index (χ4n) is 7.17. The molecule has 0 bridgehead atoms. The zero-order chi connectivity index (χ0) is 35.5. The van der Waals surface area contributed by atoms with Crippen molar-refractivity contribution in [1.82, 2.24) is 19.8 Å². The molecular weight excluding hydrogens is 711 g/mol. The molecule has 0 saturated carbocycles. The van der Waals surface area contributed by atoms with Gasteiger partial charge in [0.1, 0.15) is 0 Å². The van der Waals surface area contributed by atoms with Gasteiger partial charge in [-0.05, 0) is 52.8 Å². The van der Waals surface area contributed by atoms with Crippen molar-refractivity contribution in [3.63, 3.8) is 0 Å². The Bertz CT molecular complexity index is 2020. The number of imidazole rings is 1. The lowest BCUT2D eigenvalue weighted by Gasteiger charge is -2.40. The van der Waals surface area contributed by atoms with Gasteiger partial charge in [-0.2, -0.15) is 0 Å². The van der Waals surface area contributed by atoms with Gasteiger partial charge >= 0.3 is 5.69 Å². The van der Waals surface area contributed by atoms with E-state index in [1.807, 2.05) is 102 Å². The smallest absolute Gasteiger partial charge is 0.326 e. The van der Waals surface area contributed by atoms with Gasteiger partial charge in [0.2, 0.25) is 0 Å². The molecule has 3 atom stereocenters. The van der Waals surface area contributed by atoms with E-state index in [2.05, 4.69) is 15.2 Å². The number of amides is 1. The Morgan fingerprint density at radius 1 is 0.882 bits per heavy atom. The summed E-state index contributed by atoms with van der Waals surface area (Å²) in [5.41, 5.74) is 7.31. The van der Waals surface area contributed by atoms with Gasteiger partial charge in [0.25, 0.3) is 9.70 Å². The summed E-state index contributed by atoms with van der Waals surface area (Å²) < 4.78 is 13.2. The molecule has 9 nitrogen and oxygen atoms in total. The summed E-state index contributed by atoms with van der Waals surface area (Å²) in [5.74, 6) is -0.687. The highest BCUT2D eigenvalue weighted by atomic mass is 35.6. The van der Waals surface area contributed by atoms with Crippen molar-refractivity contribution in [2.75, 3.05) is 19.6 Å². The Morgan fingerprint density at radius 2 is 1.57 bits per heavy atom. The summed E-state index contributed by atoms with van der Waals surface area (Å²) in [6.07, 6.45) is 1.53. The third-order valence-electron chi connectivity index (χ3n) is 9.83. The van der Waals surface area contributed by atoms with Crippen LogP contribution in [0.1, 0.15) is 60.0 Å². The predicted octanol–water partition coefficient (Wildman–Crippen LogP) is 7.36. The molecule has 3 unspecified atom stereocenters. The molecule has 3 N–H and O–H groups in total. The van der Waals surface area contributed by atoms with E-state index >= 15 is 0 Å². The van der Waals surface area contributed by atoms with Crippen molar-refractivity contribution in [2.24, 2.45) is 0 Å². The molecular formula is C39H39Cl3N4O5. The van der Waals surface area contributed by atoms with Gasteiger partial charge in [-0.15, -0.1) is 0 Å². The van der Waals surface area contributed by atoms with Crippen LogP contribution >= 0.6 is 34.8 Å². The van der Waals surface area contributed by atoms with Crippen molar-refractivity contribution < 1.29 is 19.4 Å². The lowest BCUT2D eigenvalue weighted by Crippen LogP contribution is -2.43. The summed E-state index contributed by atoms with van der Waals surface area (Å²) in [7, 11) is 0. The van der Waals surface area contributed by atoms with Crippen molar-refractivity contribution >= 4 is 51.7 Å².